The molecule has 180 valence electrons. The van der Waals surface area contributed by atoms with E-state index in [1.165, 1.54) is 24.0 Å². The van der Waals surface area contributed by atoms with Crippen molar-refractivity contribution in [3.8, 4) is 0 Å². The first kappa shape index (κ1) is 22.7. The van der Waals surface area contributed by atoms with Crippen LogP contribution < -0.4 is 5.32 Å². The molecule has 1 N–H and O–H groups in total. The molecule has 34 heavy (non-hydrogen) atoms. The summed E-state index contributed by atoms with van der Waals surface area (Å²) in [6, 6.07) is 13.0. The monoisotopic (exact) mass is 464 g/mol. The van der Waals surface area contributed by atoms with Crippen LogP contribution in [0, 0.1) is 5.92 Å². The first-order valence-corrected chi connectivity index (χ1v) is 12.3. The van der Waals surface area contributed by atoms with Crippen molar-refractivity contribution in [1.82, 2.24) is 20.0 Å². The number of likely N-dealkylation sites (tertiary alicyclic amines) is 2. The summed E-state index contributed by atoms with van der Waals surface area (Å²) in [5, 5.41) is 3.13. The summed E-state index contributed by atoms with van der Waals surface area (Å²) < 4.78 is 5.28. The molecule has 1 aromatic carbocycles. The largest absolute Gasteiger partial charge is 0.459 e. The van der Waals surface area contributed by atoms with E-state index in [1.54, 1.807) is 17.0 Å². The van der Waals surface area contributed by atoms with Crippen LogP contribution in [-0.4, -0.2) is 77.4 Å². The number of nitrogens with zero attached hydrogens (tertiary/aromatic N) is 3. The highest BCUT2D eigenvalue weighted by molar-refractivity contribution is 6.07. The lowest BCUT2D eigenvalue weighted by atomic mass is 9.74. The van der Waals surface area contributed by atoms with Crippen LogP contribution in [-0.2, 0) is 11.2 Å². The Morgan fingerprint density at radius 1 is 0.971 bits per heavy atom. The molecular formula is C26H32N4O4. The Morgan fingerprint density at radius 3 is 2.38 bits per heavy atom. The van der Waals surface area contributed by atoms with Gasteiger partial charge in [-0.25, -0.2) is 4.79 Å². The number of hydrogen-bond donors (Lipinski definition) is 1. The molecule has 0 aliphatic carbocycles. The van der Waals surface area contributed by atoms with Crippen LogP contribution in [0.1, 0.15) is 41.8 Å². The van der Waals surface area contributed by atoms with E-state index in [9.17, 15) is 14.4 Å². The number of carbonyl (C=O) groups is 3. The minimum absolute atomic E-state index is 0.0541. The fourth-order valence-electron chi connectivity index (χ4n) is 5.69. The van der Waals surface area contributed by atoms with Crippen LogP contribution in [0.2, 0.25) is 0 Å². The molecular weight excluding hydrogens is 432 g/mol. The minimum atomic E-state index is -0.983. The van der Waals surface area contributed by atoms with Gasteiger partial charge in [0.25, 0.3) is 11.8 Å². The number of benzene rings is 1. The summed E-state index contributed by atoms with van der Waals surface area (Å²) in [5.74, 6) is 0.0170. The van der Waals surface area contributed by atoms with E-state index < -0.39 is 5.54 Å². The van der Waals surface area contributed by atoms with Gasteiger partial charge in [-0.2, -0.15) is 0 Å². The Hall–Kier alpha value is -3.13. The molecule has 0 radical (unpaired) electrons. The van der Waals surface area contributed by atoms with Gasteiger partial charge in [0, 0.05) is 32.6 Å². The zero-order valence-electron chi connectivity index (χ0n) is 19.4. The van der Waals surface area contributed by atoms with Crippen molar-refractivity contribution in [2.45, 2.75) is 37.6 Å². The number of furan rings is 1. The Labute approximate surface area is 199 Å². The Bertz CT molecular complexity index is 1010. The molecule has 1 atom stereocenters. The smallest absolute Gasteiger partial charge is 0.325 e. The SMILES string of the molecule is O=C(c1ccco1)N1CCC(C2(Cc3ccccc3)NC(=O)N(CCN3CCCC3)C2=O)CC1. The average Bonchev–Trinajstić information content (AvgIpc) is 3.62. The second-order valence-electron chi connectivity index (χ2n) is 9.61. The van der Waals surface area contributed by atoms with Crippen molar-refractivity contribution >= 4 is 17.8 Å². The third-order valence-electron chi connectivity index (χ3n) is 7.58. The van der Waals surface area contributed by atoms with Crippen LogP contribution in [0.15, 0.2) is 53.1 Å². The number of rotatable bonds is 7. The van der Waals surface area contributed by atoms with Gasteiger partial charge in [0.15, 0.2) is 5.76 Å². The van der Waals surface area contributed by atoms with E-state index in [0.29, 0.717) is 44.7 Å². The van der Waals surface area contributed by atoms with Crippen molar-refractivity contribution in [3.05, 3.63) is 60.1 Å². The number of piperidine rings is 1. The molecule has 4 heterocycles. The molecule has 3 fully saturated rings. The summed E-state index contributed by atoms with van der Waals surface area (Å²) in [5.41, 5.74) is 0.0372. The molecule has 2 aromatic rings. The van der Waals surface area contributed by atoms with E-state index in [1.807, 2.05) is 30.3 Å². The highest BCUT2D eigenvalue weighted by atomic mass is 16.3. The van der Waals surface area contributed by atoms with E-state index in [0.717, 1.165) is 25.2 Å². The van der Waals surface area contributed by atoms with Gasteiger partial charge in [-0.1, -0.05) is 30.3 Å². The van der Waals surface area contributed by atoms with Gasteiger partial charge in [-0.3, -0.25) is 14.5 Å². The third kappa shape index (κ3) is 4.34. The maximum absolute atomic E-state index is 13.9. The fraction of sp³-hybridized carbons (Fsp3) is 0.500. The highest BCUT2D eigenvalue weighted by Gasteiger charge is 2.56. The van der Waals surface area contributed by atoms with Crippen LogP contribution in [0.3, 0.4) is 0 Å². The van der Waals surface area contributed by atoms with Gasteiger partial charge in [0.1, 0.15) is 5.54 Å². The predicted octanol–water partition coefficient (Wildman–Crippen LogP) is 2.76. The quantitative estimate of drug-likeness (QED) is 0.637. The number of amides is 4. The Morgan fingerprint density at radius 2 is 1.71 bits per heavy atom. The first-order chi connectivity index (χ1) is 16.6. The van der Waals surface area contributed by atoms with E-state index in [4.69, 9.17) is 4.42 Å². The summed E-state index contributed by atoms with van der Waals surface area (Å²) in [4.78, 5) is 45.2. The maximum Gasteiger partial charge on any atom is 0.325 e. The molecule has 3 aliphatic rings. The molecule has 0 bridgehead atoms. The van der Waals surface area contributed by atoms with E-state index in [-0.39, 0.29) is 23.8 Å². The molecule has 3 saturated heterocycles. The number of nitrogens with one attached hydrogen (secondary N) is 1. The van der Waals surface area contributed by atoms with Crippen molar-refractivity contribution < 1.29 is 18.8 Å². The summed E-state index contributed by atoms with van der Waals surface area (Å²) in [6.07, 6.45) is 5.59. The second-order valence-corrected chi connectivity index (χ2v) is 9.61. The molecule has 0 spiro atoms. The van der Waals surface area contributed by atoms with Crippen LogP contribution in [0.5, 0.6) is 0 Å². The lowest BCUT2D eigenvalue weighted by Gasteiger charge is -2.41. The van der Waals surface area contributed by atoms with Gasteiger partial charge in [0.2, 0.25) is 0 Å². The molecule has 8 nitrogen and oxygen atoms in total. The molecule has 1 unspecified atom stereocenters. The number of urea groups is 1. The lowest BCUT2D eigenvalue weighted by Crippen LogP contribution is -2.58. The normalized spacial score (nSPS) is 24.1. The summed E-state index contributed by atoms with van der Waals surface area (Å²) in [7, 11) is 0. The molecule has 1 aromatic heterocycles. The maximum atomic E-state index is 13.9. The predicted molar refractivity (Wildman–Crippen MR) is 126 cm³/mol. The van der Waals surface area contributed by atoms with Gasteiger partial charge < -0.3 is 19.5 Å². The third-order valence-corrected chi connectivity index (χ3v) is 7.58. The number of hydrogen-bond acceptors (Lipinski definition) is 5. The lowest BCUT2D eigenvalue weighted by molar-refractivity contribution is -0.134. The second kappa shape index (κ2) is 9.62. The van der Waals surface area contributed by atoms with Crippen molar-refractivity contribution in [2.24, 2.45) is 5.92 Å². The molecule has 5 rings (SSSR count). The topological polar surface area (TPSA) is 86.1 Å². The van der Waals surface area contributed by atoms with Gasteiger partial charge >= 0.3 is 6.03 Å². The number of imide groups is 1. The molecule has 8 heteroatoms. The Kier molecular flexibility index (Phi) is 6.41. The zero-order valence-corrected chi connectivity index (χ0v) is 19.4. The molecule has 0 saturated carbocycles. The van der Waals surface area contributed by atoms with Crippen LogP contribution in [0.25, 0.3) is 0 Å². The first-order valence-electron chi connectivity index (χ1n) is 12.3. The average molecular weight is 465 g/mol. The fourth-order valence-corrected chi connectivity index (χ4v) is 5.69. The van der Waals surface area contributed by atoms with Gasteiger partial charge in [0.05, 0.1) is 6.26 Å². The van der Waals surface area contributed by atoms with E-state index >= 15 is 0 Å². The van der Waals surface area contributed by atoms with E-state index in [2.05, 4.69) is 10.2 Å². The van der Waals surface area contributed by atoms with Gasteiger partial charge in [-0.05, 0) is 62.4 Å². The van der Waals surface area contributed by atoms with Crippen LogP contribution in [0.4, 0.5) is 4.79 Å². The van der Waals surface area contributed by atoms with Crippen LogP contribution >= 0.6 is 0 Å². The summed E-state index contributed by atoms with van der Waals surface area (Å²) in [6.45, 7) is 4.24. The minimum Gasteiger partial charge on any atom is -0.459 e. The number of carbonyl (C=O) groups excluding carboxylic acids is 3. The standard InChI is InChI=1S/C26H32N4O4/c31-23(22-9-6-18-34-22)29-14-10-21(11-15-29)26(19-20-7-2-1-3-8-20)24(32)30(25(33)27-26)17-16-28-12-4-5-13-28/h1-3,6-9,18,21H,4-5,10-17,19H2,(H,27,33). The van der Waals surface area contributed by atoms with Gasteiger partial charge in [-0.15, -0.1) is 0 Å². The zero-order chi connectivity index (χ0) is 23.5. The Balaban J connectivity index is 1.34. The highest BCUT2D eigenvalue weighted by Crippen LogP contribution is 2.37. The van der Waals surface area contributed by atoms with Crippen molar-refractivity contribution in [1.29, 1.82) is 0 Å². The van der Waals surface area contributed by atoms with Crippen molar-refractivity contribution in [3.63, 3.8) is 0 Å². The molecule has 3 aliphatic heterocycles. The molecule has 4 amide bonds. The summed E-state index contributed by atoms with van der Waals surface area (Å²) >= 11 is 0. The van der Waals surface area contributed by atoms with Crippen molar-refractivity contribution in [2.75, 3.05) is 39.3 Å².